The van der Waals surface area contributed by atoms with Crippen molar-refractivity contribution in [2.24, 2.45) is 0 Å². The molecule has 0 spiro atoms. The molecule has 1 N–H and O–H groups in total. The molecule has 0 unspecified atom stereocenters. The third-order valence-electron chi connectivity index (χ3n) is 5.43. The van der Waals surface area contributed by atoms with Gasteiger partial charge in [0.1, 0.15) is 17.3 Å². The van der Waals surface area contributed by atoms with Gasteiger partial charge in [-0.1, -0.05) is 25.4 Å². The molecule has 0 bridgehead atoms. The number of nitrogens with one attached hydrogen (secondary N) is 1. The molecule has 0 aliphatic rings. The van der Waals surface area contributed by atoms with Gasteiger partial charge < -0.3 is 14.8 Å². The lowest BCUT2D eigenvalue weighted by Crippen LogP contribution is -2.30. The topological polar surface area (TPSA) is 63.7 Å². The van der Waals surface area contributed by atoms with Crippen LogP contribution in [0.1, 0.15) is 42.7 Å². The highest BCUT2D eigenvalue weighted by molar-refractivity contribution is 7.13. The van der Waals surface area contributed by atoms with Gasteiger partial charge >= 0.3 is 6.18 Å². The Morgan fingerprint density at radius 1 is 1.08 bits per heavy atom. The van der Waals surface area contributed by atoms with Crippen molar-refractivity contribution >= 4 is 34.5 Å². The van der Waals surface area contributed by atoms with Crippen molar-refractivity contribution in [1.82, 2.24) is 9.88 Å². The summed E-state index contributed by atoms with van der Waals surface area (Å²) in [4.78, 5) is 19.4. The SMILES string of the molecule is CCCN(CCC)CCOc1cc(NC(=O)c2csc(-c3ccc(C(F)(F)F)cc3Cl)n2)ccc1OC. The summed E-state index contributed by atoms with van der Waals surface area (Å²) in [6, 6.07) is 8.10. The fourth-order valence-electron chi connectivity index (χ4n) is 3.68. The van der Waals surface area contributed by atoms with E-state index < -0.39 is 17.6 Å². The van der Waals surface area contributed by atoms with Crippen molar-refractivity contribution in [2.45, 2.75) is 32.9 Å². The summed E-state index contributed by atoms with van der Waals surface area (Å²) >= 11 is 7.18. The van der Waals surface area contributed by atoms with Crippen LogP contribution in [0.5, 0.6) is 11.5 Å². The van der Waals surface area contributed by atoms with Crippen LogP contribution in [-0.2, 0) is 6.18 Å². The smallest absolute Gasteiger partial charge is 0.416 e. The summed E-state index contributed by atoms with van der Waals surface area (Å²) in [6.07, 6.45) is -2.37. The molecule has 0 saturated heterocycles. The first kappa shape index (κ1) is 28.7. The minimum absolute atomic E-state index is 0.0930. The van der Waals surface area contributed by atoms with Crippen LogP contribution in [0.3, 0.4) is 0 Å². The molecule has 3 aromatic rings. The molecule has 1 aromatic heterocycles. The Morgan fingerprint density at radius 3 is 2.43 bits per heavy atom. The van der Waals surface area contributed by atoms with E-state index in [9.17, 15) is 18.0 Å². The van der Waals surface area contributed by atoms with E-state index in [0.29, 0.717) is 34.4 Å². The van der Waals surface area contributed by atoms with Crippen LogP contribution < -0.4 is 14.8 Å². The summed E-state index contributed by atoms with van der Waals surface area (Å²) in [5.74, 6) is 0.575. The number of ether oxygens (including phenoxy) is 2. The number of carbonyl (C=O) groups excluding carboxylic acids is 1. The summed E-state index contributed by atoms with van der Waals surface area (Å²) in [7, 11) is 1.55. The Labute approximate surface area is 223 Å². The number of methoxy groups -OCH3 is 1. The molecule has 1 amide bonds. The standard InChI is InChI=1S/C26H29ClF3N3O3S/c1-4-10-33(11-5-2)12-13-36-23-15-18(7-9-22(23)35-3)31-24(34)21-16-37-25(32-21)19-8-6-17(14-20(19)27)26(28,29)30/h6-9,14-16H,4-5,10-13H2,1-3H3,(H,31,34). The quantitative estimate of drug-likeness (QED) is 0.255. The monoisotopic (exact) mass is 555 g/mol. The Hall–Kier alpha value is -2.82. The first-order chi connectivity index (χ1) is 17.7. The van der Waals surface area contributed by atoms with Crippen LogP contribution in [-0.4, -0.2) is 49.1 Å². The fourth-order valence-corrected chi connectivity index (χ4v) is 4.85. The molecule has 37 heavy (non-hydrogen) atoms. The average molecular weight is 556 g/mol. The second kappa shape index (κ2) is 13.1. The molecule has 1 heterocycles. The van der Waals surface area contributed by atoms with Crippen molar-refractivity contribution in [3.8, 4) is 22.1 Å². The van der Waals surface area contributed by atoms with Crippen LogP contribution in [0.25, 0.3) is 10.6 Å². The molecule has 200 valence electrons. The lowest BCUT2D eigenvalue weighted by molar-refractivity contribution is -0.137. The van der Waals surface area contributed by atoms with E-state index in [1.165, 1.54) is 11.4 Å². The maximum Gasteiger partial charge on any atom is 0.416 e. The van der Waals surface area contributed by atoms with Gasteiger partial charge in [0.2, 0.25) is 0 Å². The molecule has 6 nitrogen and oxygen atoms in total. The molecule has 0 aliphatic heterocycles. The summed E-state index contributed by atoms with van der Waals surface area (Å²) in [6.45, 7) is 7.52. The van der Waals surface area contributed by atoms with Crippen molar-refractivity contribution in [2.75, 3.05) is 38.7 Å². The molecule has 2 aromatic carbocycles. The first-order valence-electron chi connectivity index (χ1n) is 11.8. The van der Waals surface area contributed by atoms with Crippen LogP contribution in [0, 0.1) is 0 Å². The van der Waals surface area contributed by atoms with Gasteiger partial charge in [0.05, 0.1) is 17.7 Å². The van der Waals surface area contributed by atoms with Crippen LogP contribution >= 0.6 is 22.9 Å². The molecule has 0 radical (unpaired) electrons. The van der Waals surface area contributed by atoms with E-state index in [1.54, 1.807) is 25.3 Å². The zero-order valence-corrected chi connectivity index (χ0v) is 22.4. The first-order valence-corrected chi connectivity index (χ1v) is 13.1. The van der Waals surface area contributed by atoms with Gasteiger partial charge in [0, 0.05) is 29.2 Å². The van der Waals surface area contributed by atoms with E-state index in [4.69, 9.17) is 21.1 Å². The molecule has 0 fully saturated rings. The lowest BCUT2D eigenvalue weighted by atomic mass is 10.1. The van der Waals surface area contributed by atoms with Crippen molar-refractivity contribution in [3.05, 3.63) is 58.1 Å². The van der Waals surface area contributed by atoms with Crippen molar-refractivity contribution in [1.29, 1.82) is 0 Å². The number of hydrogen-bond acceptors (Lipinski definition) is 6. The number of benzene rings is 2. The molecule has 0 aliphatic carbocycles. The maximum atomic E-state index is 12.9. The highest BCUT2D eigenvalue weighted by atomic mass is 35.5. The molecule has 11 heteroatoms. The third kappa shape index (κ3) is 7.83. The van der Waals surface area contributed by atoms with E-state index in [0.717, 1.165) is 55.9 Å². The average Bonchev–Trinajstić information content (AvgIpc) is 3.34. The molecule has 0 saturated carbocycles. The second-order valence-electron chi connectivity index (χ2n) is 8.24. The van der Waals surface area contributed by atoms with Gasteiger partial charge in [-0.2, -0.15) is 13.2 Å². The number of hydrogen-bond donors (Lipinski definition) is 1. The number of aromatic nitrogens is 1. The van der Waals surface area contributed by atoms with Gasteiger partial charge in [0.25, 0.3) is 5.91 Å². The molecule has 3 rings (SSSR count). The number of halogens is 4. The van der Waals surface area contributed by atoms with E-state index in [2.05, 4.69) is 29.0 Å². The van der Waals surface area contributed by atoms with Gasteiger partial charge in [-0.3, -0.25) is 9.69 Å². The number of nitrogens with zero attached hydrogens (tertiary/aromatic N) is 2. The Bertz CT molecular complexity index is 1200. The highest BCUT2D eigenvalue weighted by Gasteiger charge is 2.31. The Morgan fingerprint density at radius 2 is 1.81 bits per heavy atom. The Kier molecular flexibility index (Phi) is 10.2. The summed E-state index contributed by atoms with van der Waals surface area (Å²) < 4.78 is 50.1. The lowest BCUT2D eigenvalue weighted by Gasteiger charge is -2.21. The molecular formula is C26H29ClF3N3O3S. The largest absolute Gasteiger partial charge is 0.493 e. The number of anilines is 1. The minimum Gasteiger partial charge on any atom is -0.493 e. The van der Waals surface area contributed by atoms with Crippen molar-refractivity contribution in [3.63, 3.8) is 0 Å². The number of rotatable bonds is 12. The van der Waals surface area contributed by atoms with Gasteiger partial charge in [0.15, 0.2) is 11.5 Å². The summed E-state index contributed by atoms with van der Waals surface area (Å²) in [5.41, 5.74) is 0.0710. The van der Waals surface area contributed by atoms with E-state index in [-0.39, 0.29) is 10.7 Å². The zero-order chi connectivity index (χ0) is 27.0. The number of carbonyl (C=O) groups is 1. The van der Waals surface area contributed by atoms with Crippen molar-refractivity contribution < 1.29 is 27.4 Å². The predicted octanol–water partition coefficient (Wildman–Crippen LogP) is 7.24. The summed E-state index contributed by atoms with van der Waals surface area (Å²) in [5, 5.41) is 4.55. The third-order valence-corrected chi connectivity index (χ3v) is 6.62. The van der Waals surface area contributed by atoms with Crippen LogP contribution in [0.2, 0.25) is 5.02 Å². The number of thiazole rings is 1. The molecule has 0 atom stereocenters. The van der Waals surface area contributed by atoms with E-state index in [1.807, 2.05) is 0 Å². The highest BCUT2D eigenvalue weighted by Crippen LogP contribution is 2.37. The van der Waals surface area contributed by atoms with Gasteiger partial charge in [-0.05, 0) is 56.3 Å². The van der Waals surface area contributed by atoms with Crippen LogP contribution in [0.4, 0.5) is 18.9 Å². The number of amides is 1. The Balaban J connectivity index is 1.69. The van der Waals surface area contributed by atoms with E-state index >= 15 is 0 Å². The van der Waals surface area contributed by atoms with Gasteiger partial charge in [-0.25, -0.2) is 4.98 Å². The predicted molar refractivity (Wildman–Crippen MR) is 141 cm³/mol. The molecular weight excluding hydrogens is 527 g/mol. The zero-order valence-electron chi connectivity index (χ0n) is 20.8. The number of alkyl halides is 3. The van der Waals surface area contributed by atoms with Gasteiger partial charge in [-0.15, -0.1) is 11.3 Å². The normalized spacial score (nSPS) is 11.6. The van der Waals surface area contributed by atoms with Crippen LogP contribution in [0.15, 0.2) is 41.8 Å². The second-order valence-corrected chi connectivity index (χ2v) is 9.51. The fraction of sp³-hybridized carbons (Fsp3) is 0.385. The maximum absolute atomic E-state index is 12.9. The minimum atomic E-state index is -4.50.